The van der Waals surface area contributed by atoms with Crippen LogP contribution in [-0.4, -0.2) is 11.9 Å². The van der Waals surface area contributed by atoms with Gasteiger partial charge in [-0.3, -0.25) is 0 Å². The van der Waals surface area contributed by atoms with E-state index in [-0.39, 0.29) is 0 Å². The summed E-state index contributed by atoms with van der Waals surface area (Å²) in [6.07, 6.45) is 4.98. The highest BCUT2D eigenvalue weighted by atomic mass is 79.9. The Hall–Kier alpha value is -0.500. The lowest BCUT2D eigenvalue weighted by molar-refractivity contribution is 0.305. The van der Waals surface area contributed by atoms with Crippen LogP contribution >= 0.6 is 15.9 Å². The predicted octanol–water partition coefficient (Wildman–Crippen LogP) is 4.33. The second-order valence-corrected chi connectivity index (χ2v) is 4.56. The average molecular weight is 271 g/mol. The van der Waals surface area contributed by atoms with Crippen LogP contribution in [0.1, 0.15) is 31.2 Å². The quantitative estimate of drug-likeness (QED) is 0.530. The number of hydrogen-bond acceptors (Lipinski definition) is 1. The summed E-state index contributed by atoms with van der Waals surface area (Å²) in [5.74, 6) is 0.987. The zero-order valence-electron chi connectivity index (χ0n) is 9.34. The van der Waals surface area contributed by atoms with E-state index >= 15 is 0 Å². The molecule has 0 aromatic heterocycles. The lowest BCUT2D eigenvalue weighted by Crippen LogP contribution is -1.97. The van der Waals surface area contributed by atoms with Gasteiger partial charge < -0.3 is 4.74 Å². The molecule has 2 heteroatoms. The highest BCUT2D eigenvalue weighted by Gasteiger charge is 1.93. The van der Waals surface area contributed by atoms with Gasteiger partial charge >= 0.3 is 0 Å². The maximum absolute atomic E-state index is 5.63. The van der Waals surface area contributed by atoms with Crippen molar-refractivity contribution in [2.24, 2.45) is 0 Å². The minimum Gasteiger partial charge on any atom is -0.494 e. The van der Waals surface area contributed by atoms with Crippen molar-refractivity contribution in [3.63, 3.8) is 0 Å². The van der Waals surface area contributed by atoms with Gasteiger partial charge in [0.05, 0.1) is 6.61 Å². The lowest BCUT2D eigenvalue weighted by atomic mass is 10.2. The molecule has 0 aliphatic rings. The Morgan fingerprint density at radius 2 is 1.67 bits per heavy atom. The van der Waals surface area contributed by atoms with Crippen molar-refractivity contribution in [3.05, 3.63) is 29.8 Å². The molecule has 0 bridgehead atoms. The first-order chi connectivity index (χ1) is 7.33. The average Bonchev–Trinajstić information content (AvgIpc) is 2.26. The van der Waals surface area contributed by atoms with Gasteiger partial charge in [0.25, 0.3) is 0 Å². The molecule has 0 aliphatic carbocycles. The van der Waals surface area contributed by atoms with E-state index in [4.69, 9.17) is 4.74 Å². The van der Waals surface area contributed by atoms with Crippen LogP contribution in [0.5, 0.6) is 5.75 Å². The van der Waals surface area contributed by atoms with Crippen LogP contribution < -0.4 is 4.74 Å². The van der Waals surface area contributed by atoms with Gasteiger partial charge in [0.15, 0.2) is 0 Å². The summed E-state index contributed by atoms with van der Waals surface area (Å²) in [7, 11) is 0. The zero-order valence-corrected chi connectivity index (χ0v) is 10.9. The molecule has 0 spiro atoms. The molecule has 0 aliphatic heterocycles. The summed E-state index contributed by atoms with van der Waals surface area (Å²) in [4.78, 5) is 0. The standard InChI is InChI=1S/C13H19BrO/c1-12-6-8-13(9-7-12)15-11-5-3-2-4-10-14/h6-9H,2-5,10-11H2,1H3. The Bertz CT molecular complexity index is 256. The number of alkyl halides is 1. The Morgan fingerprint density at radius 1 is 1.00 bits per heavy atom. The van der Waals surface area contributed by atoms with E-state index in [9.17, 15) is 0 Å². The summed E-state index contributed by atoms with van der Waals surface area (Å²) in [5.41, 5.74) is 1.28. The summed E-state index contributed by atoms with van der Waals surface area (Å²) >= 11 is 3.43. The zero-order chi connectivity index (χ0) is 10.9. The van der Waals surface area contributed by atoms with E-state index in [1.54, 1.807) is 0 Å². The molecule has 0 amide bonds. The molecule has 1 nitrogen and oxygen atoms in total. The number of benzene rings is 1. The van der Waals surface area contributed by atoms with E-state index < -0.39 is 0 Å². The minimum absolute atomic E-state index is 0.839. The van der Waals surface area contributed by atoms with E-state index in [0.29, 0.717) is 0 Å². The van der Waals surface area contributed by atoms with E-state index in [1.165, 1.54) is 24.8 Å². The molecule has 84 valence electrons. The second-order valence-electron chi connectivity index (χ2n) is 3.76. The first-order valence-electron chi connectivity index (χ1n) is 5.58. The van der Waals surface area contributed by atoms with Crippen molar-refractivity contribution in [1.29, 1.82) is 0 Å². The molecule has 1 aromatic carbocycles. The van der Waals surface area contributed by atoms with E-state index in [2.05, 4.69) is 35.0 Å². The third-order valence-corrected chi connectivity index (χ3v) is 2.88. The van der Waals surface area contributed by atoms with Crippen molar-refractivity contribution in [1.82, 2.24) is 0 Å². The number of hydrogen-bond donors (Lipinski definition) is 0. The second kappa shape index (κ2) is 7.75. The Morgan fingerprint density at radius 3 is 2.33 bits per heavy atom. The lowest BCUT2D eigenvalue weighted by Gasteiger charge is -2.05. The maximum atomic E-state index is 5.63. The molecule has 0 atom stereocenters. The number of halogens is 1. The van der Waals surface area contributed by atoms with Crippen LogP contribution in [0.2, 0.25) is 0 Å². The van der Waals surface area contributed by atoms with Gasteiger partial charge in [0, 0.05) is 5.33 Å². The smallest absolute Gasteiger partial charge is 0.119 e. The molecule has 0 unspecified atom stereocenters. The van der Waals surface area contributed by atoms with Gasteiger partial charge in [-0.1, -0.05) is 46.5 Å². The normalized spacial score (nSPS) is 10.3. The summed E-state index contributed by atoms with van der Waals surface area (Å²) in [6, 6.07) is 8.24. The van der Waals surface area contributed by atoms with Crippen molar-refractivity contribution in [3.8, 4) is 5.75 Å². The largest absolute Gasteiger partial charge is 0.494 e. The number of unbranched alkanes of at least 4 members (excludes halogenated alkanes) is 3. The maximum Gasteiger partial charge on any atom is 0.119 e. The topological polar surface area (TPSA) is 9.23 Å². The Kier molecular flexibility index (Phi) is 6.49. The Labute approximate surface area is 101 Å². The third-order valence-electron chi connectivity index (χ3n) is 2.32. The molecule has 0 N–H and O–H groups in total. The minimum atomic E-state index is 0.839. The molecule has 15 heavy (non-hydrogen) atoms. The highest BCUT2D eigenvalue weighted by molar-refractivity contribution is 9.09. The van der Waals surface area contributed by atoms with Gasteiger partial charge in [0.1, 0.15) is 5.75 Å². The Balaban J connectivity index is 2.07. The first kappa shape index (κ1) is 12.6. The van der Waals surface area contributed by atoms with Crippen LogP contribution in [0.25, 0.3) is 0 Å². The summed E-state index contributed by atoms with van der Waals surface area (Å²) < 4.78 is 5.63. The van der Waals surface area contributed by atoms with Gasteiger partial charge in [-0.2, -0.15) is 0 Å². The SMILES string of the molecule is Cc1ccc(OCCCCCCBr)cc1. The first-order valence-corrected chi connectivity index (χ1v) is 6.70. The molecule has 1 rings (SSSR count). The number of ether oxygens (including phenoxy) is 1. The fourth-order valence-corrected chi connectivity index (χ4v) is 1.77. The van der Waals surface area contributed by atoms with Gasteiger partial charge in [-0.05, 0) is 31.9 Å². The molecule has 1 aromatic rings. The highest BCUT2D eigenvalue weighted by Crippen LogP contribution is 2.12. The predicted molar refractivity (Wildman–Crippen MR) is 68.9 cm³/mol. The van der Waals surface area contributed by atoms with Crippen molar-refractivity contribution >= 4 is 15.9 Å². The molecule has 0 heterocycles. The van der Waals surface area contributed by atoms with Crippen LogP contribution in [-0.2, 0) is 0 Å². The van der Waals surface area contributed by atoms with Gasteiger partial charge in [-0.15, -0.1) is 0 Å². The number of aryl methyl sites for hydroxylation is 1. The molecular weight excluding hydrogens is 252 g/mol. The van der Waals surface area contributed by atoms with Crippen LogP contribution in [0, 0.1) is 6.92 Å². The molecule has 0 saturated heterocycles. The van der Waals surface area contributed by atoms with E-state index in [0.717, 1.165) is 24.1 Å². The van der Waals surface area contributed by atoms with Crippen molar-refractivity contribution in [2.75, 3.05) is 11.9 Å². The van der Waals surface area contributed by atoms with Crippen LogP contribution in [0.15, 0.2) is 24.3 Å². The van der Waals surface area contributed by atoms with Gasteiger partial charge in [0.2, 0.25) is 0 Å². The van der Waals surface area contributed by atoms with E-state index in [1.807, 2.05) is 12.1 Å². The summed E-state index contributed by atoms with van der Waals surface area (Å²) in [6.45, 7) is 2.93. The summed E-state index contributed by atoms with van der Waals surface area (Å²) in [5, 5.41) is 1.12. The van der Waals surface area contributed by atoms with Crippen molar-refractivity contribution in [2.45, 2.75) is 32.6 Å². The number of rotatable bonds is 7. The monoisotopic (exact) mass is 270 g/mol. The van der Waals surface area contributed by atoms with Crippen molar-refractivity contribution < 1.29 is 4.74 Å². The van der Waals surface area contributed by atoms with Crippen LogP contribution in [0.3, 0.4) is 0 Å². The molecule has 0 radical (unpaired) electrons. The molecular formula is C13H19BrO. The molecule has 0 saturated carbocycles. The van der Waals surface area contributed by atoms with Crippen LogP contribution in [0.4, 0.5) is 0 Å². The fourth-order valence-electron chi connectivity index (χ4n) is 1.37. The molecule has 0 fully saturated rings. The fraction of sp³-hybridized carbons (Fsp3) is 0.538. The van der Waals surface area contributed by atoms with Gasteiger partial charge in [-0.25, -0.2) is 0 Å². The third kappa shape index (κ3) is 5.83.